The molecule has 2 aliphatic rings. The Labute approximate surface area is 151 Å². The van der Waals surface area contributed by atoms with Crippen LogP contribution in [0.4, 0.5) is 5.69 Å². The second kappa shape index (κ2) is 7.72. The number of carbonyl (C=O) groups is 1. The highest BCUT2D eigenvalue weighted by atomic mass is 35.5. The maximum Gasteiger partial charge on any atom is 0.269 e. The fourth-order valence-electron chi connectivity index (χ4n) is 3.65. The van der Waals surface area contributed by atoms with E-state index in [1.165, 1.54) is 23.9 Å². The van der Waals surface area contributed by atoms with Gasteiger partial charge in [0.25, 0.3) is 5.69 Å². The van der Waals surface area contributed by atoms with Gasteiger partial charge in [0, 0.05) is 36.2 Å². The molecule has 0 bridgehead atoms. The topological polar surface area (TPSA) is 89.5 Å². The second-order valence-corrected chi connectivity index (χ2v) is 7.83. The molecule has 2 N–H and O–H groups in total. The molecule has 1 amide bonds. The van der Waals surface area contributed by atoms with Crippen LogP contribution < -0.4 is 5.73 Å². The molecule has 1 heterocycles. The van der Waals surface area contributed by atoms with Crippen LogP contribution in [0.15, 0.2) is 29.2 Å². The van der Waals surface area contributed by atoms with Crippen molar-refractivity contribution < 1.29 is 9.72 Å². The summed E-state index contributed by atoms with van der Waals surface area (Å²) in [6.07, 6.45) is 2.20. The fourth-order valence-corrected chi connectivity index (χ4v) is 4.60. The highest BCUT2D eigenvalue weighted by Crippen LogP contribution is 2.38. The number of nitro groups is 1. The number of likely N-dealkylation sites (tertiary alicyclic amines) is 1. The van der Waals surface area contributed by atoms with Gasteiger partial charge in [0.1, 0.15) is 0 Å². The van der Waals surface area contributed by atoms with Crippen LogP contribution in [0.1, 0.15) is 19.8 Å². The molecule has 0 spiro atoms. The summed E-state index contributed by atoms with van der Waals surface area (Å²) in [6.45, 7) is 3.49. The standard InChI is InChI=1S/C16H21N3O3S.ClH/c1-10(23-13-5-3-12(4-6-13)19(21)22)16(20)18-8-11-2-7-15(17)14(11)9-18;/h3-6,10-11,14-15H,2,7-9,17H2,1H3;1H. The highest BCUT2D eigenvalue weighted by Gasteiger charge is 2.43. The first kappa shape index (κ1) is 19.0. The molecule has 3 rings (SSSR count). The van der Waals surface area contributed by atoms with Crippen LogP contribution in [0.25, 0.3) is 0 Å². The van der Waals surface area contributed by atoms with Crippen molar-refractivity contribution in [3.05, 3.63) is 34.4 Å². The van der Waals surface area contributed by atoms with Crippen molar-refractivity contribution in [2.75, 3.05) is 13.1 Å². The summed E-state index contributed by atoms with van der Waals surface area (Å²) in [7, 11) is 0. The van der Waals surface area contributed by atoms with Gasteiger partial charge in [0.05, 0.1) is 10.2 Å². The molecule has 1 saturated heterocycles. The number of nitro benzene ring substituents is 1. The lowest BCUT2D eigenvalue weighted by molar-refractivity contribution is -0.384. The summed E-state index contributed by atoms with van der Waals surface area (Å²) in [5.41, 5.74) is 6.19. The van der Waals surface area contributed by atoms with E-state index in [-0.39, 0.29) is 35.3 Å². The van der Waals surface area contributed by atoms with E-state index in [9.17, 15) is 14.9 Å². The minimum absolute atomic E-state index is 0. The van der Waals surface area contributed by atoms with E-state index in [4.69, 9.17) is 5.73 Å². The SMILES string of the molecule is CC(Sc1ccc([N+](=O)[O-])cc1)C(=O)N1CC2CCC(N)C2C1.Cl. The van der Waals surface area contributed by atoms with Gasteiger partial charge in [0.15, 0.2) is 0 Å². The Bertz CT molecular complexity index is 613. The third-order valence-corrected chi connectivity index (χ3v) is 6.03. The molecule has 0 aromatic heterocycles. The summed E-state index contributed by atoms with van der Waals surface area (Å²) >= 11 is 1.44. The Morgan fingerprint density at radius 1 is 1.33 bits per heavy atom. The van der Waals surface area contributed by atoms with Crippen LogP contribution in [0.2, 0.25) is 0 Å². The number of hydrogen-bond acceptors (Lipinski definition) is 5. The summed E-state index contributed by atoms with van der Waals surface area (Å²) in [6, 6.07) is 6.57. The third kappa shape index (κ3) is 3.84. The predicted molar refractivity (Wildman–Crippen MR) is 96.4 cm³/mol. The number of thioether (sulfide) groups is 1. The van der Waals surface area contributed by atoms with E-state index < -0.39 is 4.92 Å². The van der Waals surface area contributed by atoms with Gasteiger partial charge in [-0.25, -0.2) is 0 Å². The van der Waals surface area contributed by atoms with Crippen molar-refractivity contribution in [3.63, 3.8) is 0 Å². The minimum atomic E-state index is -0.421. The van der Waals surface area contributed by atoms with E-state index in [1.807, 2.05) is 11.8 Å². The Hall–Kier alpha value is -1.31. The highest BCUT2D eigenvalue weighted by molar-refractivity contribution is 8.00. The van der Waals surface area contributed by atoms with Crippen LogP contribution in [0, 0.1) is 22.0 Å². The average Bonchev–Trinajstić information content (AvgIpc) is 3.09. The van der Waals surface area contributed by atoms with Crippen molar-refractivity contribution >= 4 is 35.8 Å². The Kier molecular flexibility index (Phi) is 6.11. The van der Waals surface area contributed by atoms with Crippen molar-refractivity contribution in [3.8, 4) is 0 Å². The molecule has 1 aliphatic carbocycles. The zero-order valence-electron chi connectivity index (χ0n) is 13.5. The van der Waals surface area contributed by atoms with Crippen molar-refractivity contribution in [1.29, 1.82) is 0 Å². The molecule has 4 atom stereocenters. The Balaban J connectivity index is 0.00000208. The Morgan fingerprint density at radius 2 is 2.00 bits per heavy atom. The quantitative estimate of drug-likeness (QED) is 0.499. The van der Waals surface area contributed by atoms with Crippen LogP contribution in [0.5, 0.6) is 0 Å². The molecule has 1 aromatic rings. The van der Waals surface area contributed by atoms with Gasteiger partial charge in [-0.15, -0.1) is 24.2 Å². The minimum Gasteiger partial charge on any atom is -0.341 e. The first-order valence-corrected chi connectivity index (χ1v) is 8.79. The molecule has 6 nitrogen and oxygen atoms in total. The van der Waals surface area contributed by atoms with Crippen molar-refractivity contribution in [2.24, 2.45) is 17.6 Å². The van der Waals surface area contributed by atoms with Crippen molar-refractivity contribution in [2.45, 2.75) is 36.0 Å². The van der Waals surface area contributed by atoms with E-state index in [0.717, 1.165) is 30.8 Å². The maximum absolute atomic E-state index is 12.6. The summed E-state index contributed by atoms with van der Waals surface area (Å²) in [5.74, 6) is 1.15. The number of nitrogens with zero attached hydrogens (tertiary/aromatic N) is 2. The first-order chi connectivity index (χ1) is 11.0. The van der Waals surface area contributed by atoms with Crippen LogP contribution in [0.3, 0.4) is 0 Å². The van der Waals surface area contributed by atoms with Gasteiger partial charge < -0.3 is 10.6 Å². The monoisotopic (exact) mass is 371 g/mol. The summed E-state index contributed by atoms with van der Waals surface area (Å²) < 4.78 is 0. The van der Waals surface area contributed by atoms with E-state index in [2.05, 4.69) is 0 Å². The number of rotatable bonds is 4. The van der Waals surface area contributed by atoms with E-state index in [0.29, 0.717) is 11.8 Å². The summed E-state index contributed by atoms with van der Waals surface area (Å²) in [4.78, 5) is 25.7. The third-order valence-electron chi connectivity index (χ3n) is 4.93. The van der Waals surface area contributed by atoms with Crippen molar-refractivity contribution in [1.82, 2.24) is 4.90 Å². The van der Waals surface area contributed by atoms with Crippen LogP contribution in [-0.2, 0) is 4.79 Å². The first-order valence-electron chi connectivity index (χ1n) is 7.91. The number of nitrogens with two attached hydrogens (primary N) is 1. The Morgan fingerprint density at radius 3 is 2.58 bits per heavy atom. The molecule has 0 radical (unpaired) electrons. The van der Waals surface area contributed by atoms with Gasteiger partial charge in [-0.2, -0.15) is 0 Å². The lowest BCUT2D eigenvalue weighted by Crippen LogP contribution is -2.37. The molecule has 132 valence electrons. The maximum atomic E-state index is 12.6. The molecule has 24 heavy (non-hydrogen) atoms. The number of hydrogen-bond donors (Lipinski definition) is 1. The number of non-ortho nitro benzene ring substituents is 1. The molecule has 4 unspecified atom stereocenters. The molecular weight excluding hydrogens is 350 g/mol. The molecular formula is C16H22ClN3O3S. The van der Waals surface area contributed by atoms with Crippen LogP contribution in [-0.4, -0.2) is 40.1 Å². The number of fused-ring (bicyclic) bond motifs is 1. The largest absolute Gasteiger partial charge is 0.341 e. The number of carbonyl (C=O) groups excluding carboxylic acids is 1. The fraction of sp³-hybridized carbons (Fsp3) is 0.562. The smallest absolute Gasteiger partial charge is 0.269 e. The van der Waals surface area contributed by atoms with Gasteiger partial charge >= 0.3 is 0 Å². The zero-order valence-corrected chi connectivity index (χ0v) is 15.1. The molecule has 2 fully saturated rings. The second-order valence-electron chi connectivity index (χ2n) is 6.42. The normalized spacial score (nSPS) is 26.6. The number of amides is 1. The lowest BCUT2D eigenvalue weighted by Gasteiger charge is -2.22. The molecule has 1 aliphatic heterocycles. The van der Waals surface area contributed by atoms with Gasteiger partial charge in [-0.1, -0.05) is 0 Å². The van der Waals surface area contributed by atoms with Gasteiger partial charge in [-0.05, 0) is 43.7 Å². The molecule has 1 aromatic carbocycles. The number of benzene rings is 1. The predicted octanol–water partition coefficient (Wildman–Crippen LogP) is 2.69. The lowest BCUT2D eigenvalue weighted by atomic mass is 9.98. The average molecular weight is 372 g/mol. The van der Waals surface area contributed by atoms with Gasteiger partial charge in [0.2, 0.25) is 5.91 Å². The number of halogens is 1. The van der Waals surface area contributed by atoms with Crippen LogP contribution >= 0.6 is 24.2 Å². The summed E-state index contributed by atoms with van der Waals surface area (Å²) in [5, 5.41) is 10.5. The molecule has 8 heteroatoms. The van der Waals surface area contributed by atoms with Gasteiger partial charge in [-0.3, -0.25) is 14.9 Å². The molecule has 1 saturated carbocycles. The van der Waals surface area contributed by atoms with E-state index >= 15 is 0 Å². The van der Waals surface area contributed by atoms with E-state index in [1.54, 1.807) is 12.1 Å². The zero-order chi connectivity index (χ0) is 16.6.